The van der Waals surface area contributed by atoms with E-state index < -0.39 is 0 Å². The van der Waals surface area contributed by atoms with Crippen LogP contribution in [0.5, 0.6) is 0 Å². The number of hydrogen-bond donors (Lipinski definition) is 1. The molecular formula is C10H7IN4S. The summed E-state index contributed by atoms with van der Waals surface area (Å²) < 4.78 is 3.76. The van der Waals surface area contributed by atoms with Crippen molar-refractivity contribution in [2.24, 2.45) is 0 Å². The van der Waals surface area contributed by atoms with Crippen LogP contribution in [0.3, 0.4) is 0 Å². The predicted molar refractivity (Wildman–Crippen MR) is 73.9 cm³/mol. The maximum Gasteiger partial charge on any atom is 0.213 e. The Morgan fingerprint density at radius 3 is 2.81 bits per heavy atom. The summed E-state index contributed by atoms with van der Waals surface area (Å²) in [5.41, 5.74) is 6.90. The molecule has 2 N–H and O–H groups in total. The summed E-state index contributed by atoms with van der Waals surface area (Å²) in [6.45, 7) is 0. The fourth-order valence-corrected chi connectivity index (χ4v) is 2.73. The quantitative estimate of drug-likeness (QED) is 0.692. The molecule has 6 heteroatoms. The second-order valence-electron chi connectivity index (χ2n) is 3.25. The van der Waals surface area contributed by atoms with Crippen molar-refractivity contribution in [3.05, 3.63) is 34.0 Å². The summed E-state index contributed by atoms with van der Waals surface area (Å²) in [5.74, 6) is 0.639. The summed E-state index contributed by atoms with van der Waals surface area (Å²) in [5, 5.41) is 5.02. The highest BCUT2D eigenvalue weighted by Crippen LogP contribution is 2.26. The molecule has 0 atom stereocenters. The lowest BCUT2D eigenvalue weighted by molar-refractivity contribution is 0.883. The predicted octanol–water partition coefficient (Wildman–Crippen LogP) is 2.67. The van der Waals surface area contributed by atoms with Gasteiger partial charge in [-0.2, -0.15) is 9.78 Å². The van der Waals surface area contributed by atoms with E-state index in [9.17, 15) is 0 Å². The minimum absolute atomic E-state index is 0.639. The number of hydrogen-bond acceptors (Lipinski definition) is 4. The molecule has 0 aliphatic heterocycles. The lowest BCUT2D eigenvalue weighted by atomic mass is 10.3. The van der Waals surface area contributed by atoms with Crippen molar-refractivity contribution in [1.29, 1.82) is 0 Å². The third-order valence-corrected chi connectivity index (χ3v) is 4.07. The monoisotopic (exact) mass is 342 g/mol. The Morgan fingerprint density at radius 1 is 1.31 bits per heavy atom. The highest BCUT2D eigenvalue weighted by Gasteiger charge is 2.10. The fourth-order valence-electron chi connectivity index (χ4n) is 1.44. The van der Waals surface area contributed by atoms with Crippen LogP contribution in [0.4, 0.5) is 5.82 Å². The molecule has 0 aliphatic rings. The van der Waals surface area contributed by atoms with Crippen LogP contribution < -0.4 is 5.73 Å². The zero-order valence-corrected chi connectivity index (χ0v) is 11.1. The van der Waals surface area contributed by atoms with Crippen LogP contribution >= 0.6 is 33.9 Å². The second-order valence-corrected chi connectivity index (χ2v) is 5.43. The van der Waals surface area contributed by atoms with Crippen LogP contribution in [-0.2, 0) is 0 Å². The summed E-state index contributed by atoms with van der Waals surface area (Å²) in [4.78, 5) is 4.49. The number of rotatable bonds is 1. The van der Waals surface area contributed by atoms with E-state index in [2.05, 4.69) is 32.7 Å². The van der Waals surface area contributed by atoms with Gasteiger partial charge in [0, 0.05) is 0 Å². The Kier molecular flexibility index (Phi) is 2.32. The number of fused-ring (bicyclic) bond motifs is 1. The number of nitrogens with two attached hydrogens (primary N) is 1. The number of anilines is 1. The highest BCUT2D eigenvalue weighted by atomic mass is 127. The van der Waals surface area contributed by atoms with Crippen LogP contribution in [0.2, 0.25) is 0 Å². The maximum absolute atomic E-state index is 5.92. The molecule has 0 unspecified atom stereocenters. The number of nitrogen functional groups attached to an aromatic ring is 1. The Morgan fingerprint density at radius 2 is 2.12 bits per heavy atom. The van der Waals surface area contributed by atoms with E-state index in [1.54, 1.807) is 22.2 Å². The van der Waals surface area contributed by atoms with Gasteiger partial charge in [0.05, 0.1) is 20.0 Å². The van der Waals surface area contributed by atoms with Crippen LogP contribution in [0, 0.1) is 3.57 Å². The average Bonchev–Trinajstić information content (AvgIpc) is 2.84. The van der Waals surface area contributed by atoms with Crippen LogP contribution in [0.1, 0.15) is 0 Å². The summed E-state index contributed by atoms with van der Waals surface area (Å²) in [7, 11) is 0. The van der Waals surface area contributed by atoms with Crippen molar-refractivity contribution in [1.82, 2.24) is 14.8 Å². The molecule has 16 heavy (non-hydrogen) atoms. The van der Waals surface area contributed by atoms with Gasteiger partial charge in [-0.25, -0.2) is 4.98 Å². The van der Waals surface area contributed by atoms with Crippen LogP contribution in [0.15, 0.2) is 30.5 Å². The zero-order chi connectivity index (χ0) is 11.1. The van der Waals surface area contributed by atoms with Crippen molar-refractivity contribution in [2.45, 2.75) is 0 Å². The van der Waals surface area contributed by atoms with E-state index in [1.165, 1.54) is 0 Å². The van der Waals surface area contributed by atoms with Crippen molar-refractivity contribution >= 4 is 50.0 Å². The molecule has 0 fully saturated rings. The minimum Gasteiger partial charge on any atom is -0.383 e. The fraction of sp³-hybridized carbons (Fsp3) is 0. The van der Waals surface area contributed by atoms with Crippen LogP contribution in [0.25, 0.3) is 15.3 Å². The van der Waals surface area contributed by atoms with Gasteiger partial charge in [0.2, 0.25) is 5.13 Å². The van der Waals surface area contributed by atoms with E-state index in [1.807, 2.05) is 24.3 Å². The first-order valence-corrected chi connectivity index (χ1v) is 6.50. The molecule has 0 spiro atoms. The molecular weight excluding hydrogens is 335 g/mol. The number of nitrogens with zero attached hydrogens (tertiary/aromatic N) is 3. The SMILES string of the molecule is Nc1c(I)cnn1-c1nc2ccccc2s1. The zero-order valence-electron chi connectivity index (χ0n) is 8.09. The van der Waals surface area contributed by atoms with E-state index >= 15 is 0 Å². The second kappa shape index (κ2) is 3.70. The van der Waals surface area contributed by atoms with Gasteiger partial charge in [0.25, 0.3) is 0 Å². The van der Waals surface area contributed by atoms with Gasteiger partial charge in [0.1, 0.15) is 5.82 Å². The van der Waals surface area contributed by atoms with Gasteiger partial charge in [0.15, 0.2) is 0 Å². The molecule has 80 valence electrons. The van der Waals surface area contributed by atoms with Gasteiger partial charge >= 0.3 is 0 Å². The van der Waals surface area contributed by atoms with Crippen molar-refractivity contribution in [3.8, 4) is 5.13 Å². The van der Waals surface area contributed by atoms with Crippen molar-refractivity contribution in [2.75, 3.05) is 5.73 Å². The number of para-hydroxylation sites is 1. The van der Waals surface area contributed by atoms with E-state index in [0.29, 0.717) is 5.82 Å². The molecule has 2 aromatic heterocycles. The van der Waals surface area contributed by atoms with Crippen molar-refractivity contribution < 1.29 is 0 Å². The molecule has 2 heterocycles. The van der Waals surface area contributed by atoms with Gasteiger partial charge < -0.3 is 5.73 Å². The van der Waals surface area contributed by atoms with Crippen molar-refractivity contribution in [3.63, 3.8) is 0 Å². The minimum atomic E-state index is 0.639. The third-order valence-electron chi connectivity index (χ3n) is 2.22. The number of halogens is 1. The Bertz CT molecular complexity index is 625. The van der Waals surface area contributed by atoms with E-state index in [-0.39, 0.29) is 0 Å². The Hall–Kier alpha value is -1.15. The molecule has 0 saturated carbocycles. The van der Waals surface area contributed by atoms with Gasteiger partial charge in [-0.05, 0) is 34.7 Å². The molecule has 3 aromatic rings. The standard InChI is InChI=1S/C10H7IN4S/c11-6-5-13-15(9(6)12)10-14-7-3-1-2-4-8(7)16-10/h1-5H,12H2. The van der Waals surface area contributed by atoms with Gasteiger partial charge in [-0.1, -0.05) is 23.5 Å². The Balaban J connectivity index is 2.23. The Labute approximate surface area is 109 Å². The first-order chi connectivity index (χ1) is 7.75. The first kappa shape index (κ1) is 10.0. The molecule has 0 saturated heterocycles. The van der Waals surface area contributed by atoms with E-state index in [0.717, 1.165) is 18.9 Å². The average molecular weight is 342 g/mol. The molecule has 0 aliphatic carbocycles. The molecule has 3 rings (SSSR count). The van der Waals surface area contributed by atoms with Crippen LogP contribution in [-0.4, -0.2) is 14.8 Å². The highest BCUT2D eigenvalue weighted by molar-refractivity contribution is 14.1. The maximum atomic E-state index is 5.92. The topological polar surface area (TPSA) is 56.7 Å². The molecule has 0 radical (unpaired) electrons. The number of aromatic nitrogens is 3. The molecule has 0 bridgehead atoms. The van der Waals surface area contributed by atoms with E-state index in [4.69, 9.17) is 5.73 Å². The third kappa shape index (κ3) is 1.49. The smallest absolute Gasteiger partial charge is 0.213 e. The summed E-state index contributed by atoms with van der Waals surface area (Å²) in [6, 6.07) is 8.00. The normalized spacial score (nSPS) is 11.1. The summed E-state index contributed by atoms with van der Waals surface area (Å²) >= 11 is 3.74. The molecule has 1 aromatic carbocycles. The summed E-state index contributed by atoms with van der Waals surface area (Å²) in [6.07, 6.45) is 1.74. The largest absolute Gasteiger partial charge is 0.383 e. The van der Waals surface area contributed by atoms with Gasteiger partial charge in [-0.15, -0.1) is 0 Å². The van der Waals surface area contributed by atoms with Gasteiger partial charge in [-0.3, -0.25) is 0 Å². The first-order valence-electron chi connectivity index (χ1n) is 4.60. The number of thiazole rings is 1. The molecule has 0 amide bonds. The number of benzene rings is 1. The molecule has 4 nitrogen and oxygen atoms in total. The lowest BCUT2D eigenvalue weighted by Crippen LogP contribution is -2.01. The lowest BCUT2D eigenvalue weighted by Gasteiger charge is -1.96.